The molecule has 5 atom stereocenters. The maximum absolute atomic E-state index is 10.6. The summed E-state index contributed by atoms with van der Waals surface area (Å²) in [5.41, 5.74) is 32.5. The molecule has 27 heavy (non-hydrogen) atoms. The van der Waals surface area contributed by atoms with Crippen LogP contribution in [0.3, 0.4) is 0 Å². The Morgan fingerprint density at radius 2 is 1.59 bits per heavy atom. The zero-order valence-corrected chi connectivity index (χ0v) is 14.4. The average Bonchev–Trinajstić information content (AvgIpc) is 2.56. The molecule has 2 unspecified atom stereocenters. The maximum atomic E-state index is 10.6. The molecule has 1 aliphatic rings. The molecule has 0 saturated heterocycles. The number of ether oxygens (including phenoxy) is 1. The Balaban J connectivity index is 2.37. The summed E-state index contributed by atoms with van der Waals surface area (Å²) in [4.78, 5) is 15.9. The zero-order valence-electron chi connectivity index (χ0n) is 14.4. The number of aromatic nitrogens is 1. The Morgan fingerprint density at radius 3 is 2.19 bits per heavy atom. The molecule has 1 aromatic heterocycles. The second-order valence-corrected chi connectivity index (χ2v) is 5.90. The number of hydrogen-bond donors (Lipinski definition) is 8. The highest BCUT2D eigenvalue weighted by Crippen LogP contribution is 2.32. The van der Waals surface area contributed by atoms with Crippen molar-refractivity contribution in [2.75, 3.05) is 0 Å². The molecule has 148 valence electrons. The van der Waals surface area contributed by atoms with E-state index in [1.807, 2.05) is 0 Å². The molecule has 0 aromatic carbocycles. The maximum Gasteiger partial charge on any atom is 0.198 e. The number of guanidine groups is 3. The van der Waals surface area contributed by atoms with Gasteiger partial charge < -0.3 is 49.4 Å². The van der Waals surface area contributed by atoms with Crippen molar-refractivity contribution in [1.29, 1.82) is 0 Å². The lowest BCUT2D eigenvalue weighted by molar-refractivity contribution is -0.0898. The Hall–Kier alpha value is -3.32. The van der Waals surface area contributed by atoms with E-state index in [0.717, 1.165) is 0 Å². The third-order valence-electron chi connectivity index (χ3n) is 3.82. The fraction of sp³-hybridized carbons (Fsp3) is 0.429. The van der Waals surface area contributed by atoms with Crippen LogP contribution in [0.1, 0.15) is 6.42 Å². The first kappa shape index (κ1) is 20.0. The van der Waals surface area contributed by atoms with Crippen molar-refractivity contribution in [3.8, 4) is 5.75 Å². The van der Waals surface area contributed by atoms with Crippen molar-refractivity contribution in [2.45, 2.75) is 36.8 Å². The van der Waals surface area contributed by atoms with Gasteiger partial charge in [-0.1, -0.05) is 0 Å². The summed E-state index contributed by atoms with van der Waals surface area (Å²) in [6.07, 6.45) is -2.18. The average molecular weight is 380 g/mol. The number of rotatable bonds is 5. The van der Waals surface area contributed by atoms with Gasteiger partial charge in [-0.2, -0.15) is 4.99 Å². The van der Waals surface area contributed by atoms with Gasteiger partial charge in [0.25, 0.3) is 0 Å². The van der Waals surface area contributed by atoms with E-state index in [4.69, 9.17) is 39.1 Å². The van der Waals surface area contributed by atoms with Gasteiger partial charge in [0, 0.05) is 6.20 Å². The number of aliphatic hydroxyl groups excluding tert-OH is 2. The molecule has 0 amide bonds. The first-order valence-electron chi connectivity index (χ1n) is 7.94. The van der Waals surface area contributed by atoms with Crippen LogP contribution in [0.25, 0.3) is 0 Å². The largest absolute Gasteiger partial charge is 0.481 e. The number of aliphatic imine (C=N–C) groups is 3. The number of pyridine rings is 1. The smallest absolute Gasteiger partial charge is 0.198 e. The highest BCUT2D eigenvalue weighted by molar-refractivity contribution is 5.79. The van der Waals surface area contributed by atoms with Crippen LogP contribution in [0.4, 0.5) is 5.82 Å². The monoisotopic (exact) mass is 380 g/mol. The highest BCUT2D eigenvalue weighted by Gasteiger charge is 2.45. The zero-order chi connectivity index (χ0) is 20.1. The number of nitrogens with two attached hydrogens (primary N) is 6. The Morgan fingerprint density at radius 1 is 0.963 bits per heavy atom. The normalized spacial score (nSPS) is 27.3. The molecule has 13 heteroatoms. The molecule has 0 bridgehead atoms. The van der Waals surface area contributed by atoms with Gasteiger partial charge in [0.2, 0.25) is 0 Å². The summed E-state index contributed by atoms with van der Waals surface area (Å²) in [6.45, 7) is 0. The molecular formula is C14H24N10O3. The summed E-state index contributed by atoms with van der Waals surface area (Å²) in [6, 6.07) is 1.56. The van der Waals surface area contributed by atoms with Gasteiger partial charge in [0.1, 0.15) is 18.3 Å². The van der Waals surface area contributed by atoms with Gasteiger partial charge in [-0.3, -0.25) is 0 Å². The molecule has 1 fully saturated rings. The van der Waals surface area contributed by atoms with E-state index in [-0.39, 0.29) is 35.9 Å². The quantitative estimate of drug-likeness (QED) is 0.182. The van der Waals surface area contributed by atoms with E-state index in [1.54, 1.807) is 12.1 Å². The van der Waals surface area contributed by atoms with Gasteiger partial charge in [0.05, 0.1) is 12.1 Å². The number of nitrogens with zero attached hydrogens (tertiary/aromatic N) is 4. The molecular weight excluding hydrogens is 356 g/mol. The summed E-state index contributed by atoms with van der Waals surface area (Å²) in [7, 11) is 0. The van der Waals surface area contributed by atoms with Crippen LogP contribution in [0.2, 0.25) is 0 Å². The standard InChI is InChI=1S/C14H24N10O3/c15-12(16)22-5-4-6(23-13(17)18)10(9(26)8(5)25)27-7-2-1-3-21-11(7)24-14(19)20/h1-3,5-6,8-10,25-26H,4H2,(H4,15,16,22)(H4,17,18,23)(H4,19,20,21,24)/t5-,6?,8+,9-,10?/m1/s1. The van der Waals surface area contributed by atoms with Crippen LogP contribution in [-0.2, 0) is 0 Å². The Bertz CT molecular complexity index is 740. The third-order valence-corrected chi connectivity index (χ3v) is 3.82. The lowest BCUT2D eigenvalue weighted by Crippen LogP contribution is -2.58. The topological polar surface area (TPSA) is 256 Å². The Kier molecular flexibility index (Phi) is 6.20. The highest BCUT2D eigenvalue weighted by atomic mass is 16.5. The Labute approximate surface area is 154 Å². The first-order chi connectivity index (χ1) is 12.7. The minimum absolute atomic E-state index is 0.0917. The van der Waals surface area contributed by atoms with Crippen LogP contribution in [0.15, 0.2) is 33.3 Å². The van der Waals surface area contributed by atoms with Gasteiger partial charge in [0.15, 0.2) is 29.4 Å². The molecule has 13 nitrogen and oxygen atoms in total. The molecule has 2 rings (SSSR count). The molecule has 1 saturated carbocycles. The van der Waals surface area contributed by atoms with Crippen molar-refractivity contribution in [3.63, 3.8) is 0 Å². The van der Waals surface area contributed by atoms with Crippen LogP contribution in [0.5, 0.6) is 5.75 Å². The predicted octanol–water partition coefficient (Wildman–Crippen LogP) is -3.86. The molecule has 1 aromatic rings. The predicted molar refractivity (Wildman–Crippen MR) is 99.9 cm³/mol. The van der Waals surface area contributed by atoms with Gasteiger partial charge in [-0.15, -0.1) is 0 Å². The minimum Gasteiger partial charge on any atom is -0.481 e. The summed E-state index contributed by atoms with van der Waals surface area (Å²) in [5, 5.41) is 20.9. The van der Waals surface area contributed by atoms with Crippen molar-refractivity contribution in [2.24, 2.45) is 49.4 Å². The minimum atomic E-state index is -1.41. The second kappa shape index (κ2) is 8.37. The molecule has 1 heterocycles. The SMILES string of the molecule is NC(N)=Nc1ncccc1OC1C(N=C(N)N)C[C@@H](N=C(N)N)[C@H](O)[C@H]1O. The van der Waals surface area contributed by atoms with Gasteiger partial charge in [-0.25, -0.2) is 15.0 Å². The van der Waals surface area contributed by atoms with E-state index >= 15 is 0 Å². The van der Waals surface area contributed by atoms with Crippen molar-refractivity contribution >= 4 is 23.7 Å². The van der Waals surface area contributed by atoms with Crippen LogP contribution in [-0.4, -0.2) is 63.5 Å². The van der Waals surface area contributed by atoms with Gasteiger partial charge in [-0.05, 0) is 18.6 Å². The molecule has 0 radical (unpaired) electrons. The van der Waals surface area contributed by atoms with Crippen LogP contribution < -0.4 is 39.1 Å². The molecule has 1 aliphatic carbocycles. The van der Waals surface area contributed by atoms with E-state index in [2.05, 4.69) is 20.0 Å². The van der Waals surface area contributed by atoms with Crippen molar-refractivity contribution in [3.05, 3.63) is 18.3 Å². The van der Waals surface area contributed by atoms with Crippen LogP contribution in [0, 0.1) is 0 Å². The fourth-order valence-corrected chi connectivity index (χ4v) is 2.78. The molecule has 14 N–H and O–H groups in total. The fourth-order valence-electron chi connectivity index (χ4n) is 2.78. The van der Waals surface area contributed by atoms with Crippen molar-refractivity contribution in [1.82, 2.24) is 4.98 Å². The van der Waals surface area contributed by atoms with E-state index in [9.17, 15) is 10.2 Å². The third kappa shape index (κ3) is 5.08. The summed E-state index contributed by atoms with van der Waals surface area (Å²) in [5.74, 6) is -0.434. The van der Waals surface area contributed by atoms with Crippen molar-refractivity contribution < 1.29 is 14.9 Å². The number of aliphatic hydroxyl groups is 2. The summed E-state index contributed by atoms with van der Waals surface area (Å²) < 4.78 is 5.82. The van der Waals surface area contributed by atoms with E-state index in [0.29, 0.717) is 0 Å². The molecule has 0 spiro atoms. The molecule has 0 aliphatic heterocycles. The second-order valence-electron chi connectivity index (χ2n) is 5.90. The first-order valence-corrected chi connectivity index (χ1v) is 7.94. The number of hydrogen-bond acceptors (Lipinski definition) is 7. The summed E-state index contributed by atoms with van der Waals surface area (Å²) >= 11 is 0. The van der Waals surface area contributed by atoms with Crippen LogP contribution >= 0.6 is 0 Å². The van der Waals surface area contributed by atoms with Gasteiger partial charge >= 0.3 is 0 Å². The lowest BCUT2D eigenvalue weighted by Gasteiger charge is -2.39. The lowest BCUT2D eigenvalue weighted by atomic mass is 9.84. The van der Waals surface area contributed by atoms with E-state index in [1.165, 1.54) is 6.20 Å². The van der Waals surface area contributed by atoms with E-state index < -0.39 is 30.4 Å².